The first kappa shape index (κ1) is 15.6. The summed E-state index contributed by atoms with van der Waals surface area (Å²) in [7, 11) is 0. The van der Waals surface area contributed by atoms with Crippen molar-refractivity contribution < 1.29 is 14.7 Å². The molecule has 0 aromatic heterocycles. The van der Waals surface area contributed by atoms with Gasteiger partial charge < -0.3 is 15.7 Å². The number of hydrogen-bond donors (Lipinski definition) is 3. The maximum absolute atomic E-state index is 11.7. The van der Waals surface area contributed by atoms with Crippen molar-refractivity contribution in [1.82, 2.24) is 10.6 Å². The van der Waals surface area contributed by atoms with Gasteiger partial charge >= 0.3 is 12.0 Å². The highest BCUT2D eigenvalue weighted by Crippen LogP contribution is 2.04. The summed E-state index contributed by atoms with van der Waals surface area (Å²) in [6, 6.07) is 7.48. The van der Waals surface area contributed by atoms with Gasteiger partial charge in [0.1, 0.15) is 6.04 Å². The lowest BCUT2D eigenvalue weighted by molar-refractivity contribution is -0.139. The number of hydrogen-bond acceptors (Lipinski definition) is 2. The normalized spacial score (nSPS) is 12.1. The fourth-order valence-electron chi connectivity index (χ4n) is 1.56. The van der Waals surface area contributed by atoms with Crippen LogP contribution in [-0.4, -0.2) is 28.7 Å². The largest absolute Gasteiger partial charge is 0.480 e. The summed E-state index contributed by atoms with van der Waals surface area (Å²) in [4.78, 5) is 22.9. The number of aliphatic carboxylic acids is 1. The first-order chi connectivity index (χ1) is 9.34. The Balaban J connectivity index is 2.67. The van der Waals surface area contributed by atoms with Crippen molar-refractivity contribution in [2.75, 3.05) is 0 Å². The Morgan fingerprint density at radius 1 is 1.35 bits per heavy atom. The Morgan fingerprint density at radius 2 is 1.95 bits per heavy atom. The molecule has 0 saturated carbocycles. The van der Waals surface area contributed by atoms with Crippen LogP contribution in [0.4, 0.5) is 4.79 Å². The summed E-state index contributed by atoms with van der Waals surface area (Å²) >= 11 is 0. The lowest BCUT2D eigenvalue weighted by atomic mass is 10.1. The van der Waals surface area contributed by atoms with E-state index in [0.717, 1.165) is 5.56 Å². The Kier molecular flexibility index (Phi) is 5.15. The SMILES string of the molecule is C#CC(C)(C)NC(=O)N[C@@H](Cc1ccccc1)C(=O)O. The van der Waals surface area contributed by atoms with E-state index in [-0.39, 0.29) is 6.42 Å². The minimum atomic E-state index is -1.09. The number of urea groups is 1. The topological polar surface area (TPSA) is 78.4 Å². The van der Waals surface area contributed by atoms with Crippen LogP contribution < -0.4 is 10.6 Å². The van der Waals surface area contributed by atoms with E-state index in [1.54, 1.807) is 26.0 Å². The summed E-state index contributed by atoms with van der Waals surface area (Å²) in [5.74, 6) is 1.31. The zero-order valence-electron chi connectivity index (χ0n) is 11.5. The van der Waals surface area contributed by atoms with E-state index in [0.29, 0.717) is 0 Å². The lowest BCUT2D eigenvalue weighted by Crippen LogP contribution is -2.52. The Bertz CT molecular complexity index is 518. The molecule has 0 bridgehead atoms. The minimum Gasteiger partial charge on any atom is -0.480 e. The Labute approximate surface area is 118 Å². The summed E-state index contributed by atoms with van der Waals surface area (Å²) in [6.07, 6.45) is 5.47. The van der Waals surface area contributed by atoms with Gasteiger partial charge in [-0.15, -0.1) is 6.42 Å². The summed E-state index contributed by atoms with van der Waals surface area (Å²) in [5, 5.41) is 14.1. The van der Waals surface area contributed by atoms with Gasteiger partial charge in [-0.05, 0) is 19.4 Å². The molecule has 0 heterocycles. The number of carbonyl (C=O) groups excluding carboxylic acids is 1. The summed E-state index contributed by atoms with van der Waals surface area (Å²) in [5.41, 5.74) is -0.00344. The fraction of sp³-hybridized carbons (Fsp3) is 0.333. The molecule has 3 N–H and O–H groups in total. The van der Waals surface area contributed by atoms with Crippen molar-refractivity contribution in [2.24, 2.45) is 0 Å². The minimum absolute atomic E-state index is 0.208. The molecule has 0 spiro atoms. The monoisotopic (exact) mass is 274 g/mol. The van der Waals surface area contributed by atoms with Gasteiger partial charge in [-0.25, -0.2) is 9.59 Å². The number of amides is 2. The van der Waals surface area contributed by atoms with E-state index >= 15 is 0 Å². The molecule has 0 saturated heterocycles. The van der Waals surface area contributed by atoms with Crippen LogP contribution in [0.1, 0.15) is 19.4 Å². The van der Waals surface area contributed by atoms with Crippen LogP contribution in [-0.2, 0) is 11.2 Å². The first-order valence-corrected chi connectivity index (χ1v) is 6.17. The number of terminal acetylenes is 1. The van der Waals surface area contributed by atoms with E-state index in [9.17, 15) is 9.59 Å². The van der Waals surface area contributed by atoms with E-state index in [1.165, 1.54) is 0 Å². The average Bonchev–Trinajstić information content (AvgIpc) is 2.38. The maximum atomic E-state index is 11.7. The molecule has 0 fully saturated rings. The fourth-order valence-corrected chi connectivity index (χ4v) is 1.56. The number of nitrogens with one attached hydrogen (secondary N) is 2. The quantitative estimate of drug-likeness (QED) is 0.710. The molecule has 1 aromatic carbocycles. The highest BCUT2D eigenvalue weighted by molar-refractivity contribution is 5.83. The molecule has 106 valence electrons. The number of carbonyl (C=O) groups is 2. The Morgan fingerprint density at radius 3 is 2.45 bits per heavy atom. The third-order valence-corrected chi connectivity index (χ3v) is 2.67. The van der Waals surface area contributed by atoms with Crippen molar-refractivity contribution in [1.29, 1.82) is 0 Å². The Hall–Kier alpha value is -2.48. The van der Waals surface area contributed by atoms with Crippen molar-refractivity contribution in [3.05, 3.63) is 35.9 Å². The predicted octanol–water partition coefficient (Wildman–Crippen LogP) is 1.39. The molecule has 1 aromatic rings. The third-order valence-electron chi connectivity index (χ3n) is 2.67. The molecule has 0 aliphatic heterocycles. The number of carboxylic acids is 1. The van der Waals surface area contributed by atoms with Gasteiger partial charge in [0.05, 0.1) is 5.54 Å². The van der Waals surface area contributed by atoms with Crippen molar-refractivity contribution in [3.8, 4) is 12.3 Å². The highest BCUT2D eigenvalue weighted by atomic mass is 16.4. The summed E-state index contributed by atoms with van der Waals surface area (Å²) in [6.45, 7) is 3.30. The molecule has 0 aliphatic rings. The molecular formula is C15H18N2O3. The van der Waals surface area contributed by atoms with Crippen molar-refractivity contribution in [2.45, 2.75) is 31.8 Å². The second-order valence-corrected chi connectivity index (χ2v) is 4.95. The standard InChI is InChI=1S/C15H18N2O3/c1-4-15(2,3)17-14(20)16-12(13(18)19)10-11-8-6-5-7-9-11/h1,5-9,12H,10H2,2-3H3,(H,18,19)(H2,16,17,20)/t12-/m0/s1. The number of carboxylic acid groups (broad SMARTS) is 1. The van der Waals surface area contributed by atoms with E-state index in [4.69, 9.17) is 11.5 Å². The molecule has 5 nitrogen and oxygen atoms in total. The number of benzene rings is 1. The van der Waals surface area contributed by atoms with Crippen LogP contribution in [0.5, 0.6) is 0 Å². The van der Waals surface area contributed by atoms with Gasteiger partial charge in [-0.3, -0.25) is 0 Å². The molecule has 20 heavy (non-hydrogen) atoms. The van der Waals surface area contributed by atoms with Crippen molar-refractivity contribution >= 4 is 12.0 Å². The molecule has 0 radical (unpaired) electrons. The van der Waals surface area contributed by atoms with Gasteiger partial charge in [-0.2, -0.15) is 0 Å². The highest BCUT2D eigenvalue weighted by Gasteiger charge is 2.23. The van der Waals surface area contributed by atoms with Crippen LogP contribution in [0.2, 0.25) is 0 Å². The molecule has 5 heteroatoms. The van der Waals surface area contributed by atoms with Crippen LogP contribution >= 0.6 is 0 Å². The molecule has 2 amide bonds. The second-order valence-electron chi connectivity index (χ2n) is 4.95. The van der Waals surface area contributed by atoms with E-state index in [2.05, 4.69) is 16.6 Å². The maximum Gasteiger partial charge on any atom is 0.326 e. The predicted molar refractivity (Wildman–Crippen MR) is 76.1 cm³/mol. The van der Waals surface area contributed by atoms with E-state index in [1.807, 2.05) is 18.2 Å². The zero-order chi connectivity index (χ0) is 15.2. The van der Waals surface area contributed by atoms with E-state index < -0.39 is 23.6 Å². The molecule has 1 atom stereocenters. The number of rotatable bonds is 5. The van der Waals surface area contributed by atoms with Crippen LogP contribution in [0.25, 0.3) is 0 Å². The van der Waals surface area contributed by atoms with Crippen LogP contribution in [0, 0.1) is 12.3 Å². The molecule has 0 aliphatic carbocycles. The molecular weight excluding hydrogens is 256 g/mol. The van der Waals surface area contributed by atoms with Crippen LogP contribution in [0.3, 0.4) is 0 Å². The van der Waals surface area contributed by atoms with Gasteiger partial charge in [0.15, 0.2) is 0 Å². The second kappa shape index (κ2) is 6.62. The van der Waals surface area contributed by atoms with Gasteiger partial charge in [0.25, 0.3) is 0 Å². The molecule has 1 rings (SSSR count). The van der Waals surface area contributed by atoms with Crippen molar-refractivity contribution in [3.63, 3.8) is 0 Å². The first-order valence-electron chi connectivity index (χ1n) is 6.17. The van der Waals surface area contributed by atoms with Gasteiger partial charge in [-0.1, -0.05) is 36.3 Å². The van der Waals surface area contributed by atoms with Gasteiger partial charge in [0.2, 0.25) is 0 Å². The average molecular weight is 274 g/mol. The lowest BCUT2D eigenvalue weighted by Gasteiger charge is -2.22. The third kappa shape index (κ3) is 5.02. The smallest absolute Gasteiger partial charge is 0.326 e. The molecule has 0 unspecified atom stereocenters. The summed E-state index contributed by atoms with van der Waals surface area (Å²) < 4.78 is 0. The zero-order valence-corrected chi connectivity index (χ0v) is 11.5. The van der Waals surface area contributed by atoms with Gasteiger partial charge in [0, 0.05) is 6.42 Å². The van der Waals surface area contributed by atoms with Crippen LogP contribution in [0.15, 0.2) is 30.3 Å².